The molecule has 1 saturated heterocycles. The summed E-state index contributed by atoms with van der Waals surface area (Å²) in [6.45, 7) is 1.42. The van der Waals surface area contributed by atoms with Crippen LogP contribution in [0.15, 0.2) is 23.1 Å². The summed E-state index contributed by atoms with van der Waals surface area (Å²) >= 11 is 12.4. The Morgan fingerprint density at radius 2 is 2.26 bits per heavy atom. The number of nitrogens with zero attached hydrogens (tertiary/aromatic N) is 2. The first kappa shape index (κ1) is 13.0. The highest BCUT2D eigenvalue weighted by Gasteiger charge is 2.39. The van der Waals surface area contributed by atoms with Gasteiger partial charge in [0.1, 0.15) is 0 Å². The van der Waals surface area contributed by atoms with Gasteiger partial charge in [-0.3, -0.25) is 0 Å². The number of nitrogen functional groups attached to an aromatic ring is 1. The minimum absolute atomic E-state index is 0.376. The summed E-state index contributed by atoms with van der Waals surface area (Å²) in [4.78, 5) is 5.96. The molecule has 3 rings (SSSR count). The molecule has 0 spiro atoms. The minimum atomic E-state index is 0.376. The number of anilines is 2. The van der Waals surface area contributed by atoms with E-state index in [0.717, 1.165) is 28.8 Å². The Labute approximate surface area is 127 Å². The monoisotopic (exact) mass is 310 g/mol. The number of fused-ring (bicyclic) bond motifs is 3. The van der Waals surface area contributed by atoms with Crippen molar-refractivity contribution in [3.05, 3.63) is 18.2 Å². The fourth-order valence-corrected chi connectivity index (χ4v) is 4.14. The Balaban J connectivity index is 1.95. The smallest absolute Gasteiger partial charge is 0.176 e. The van der Waals surface area contributed by atoms with E-state index in [1.54, 1.807) is 0 Å². The zero-order valence-electron chi connectivity index (χ0n) is 10.2. The number of thiocarbonyl (C=S) groups is 2. The van der Waals surface area contributed by atoms with E-state index in [9.17, 15) is 0 Å². The van der Waals surface area contributed by atoms with E-state index in [2.05, 4.69) is 15.9 Å². The summed E-state index contributed by atoms with van der Waals surface area (Å²) in [6, 6.07) is 6.36. The van der Waals surface area contributed by atoms with Crippen LogP contribution in [0.3, 0.4) is 0 Å². The Morgan fingerprint density at radius 1 is 1.47 bits per heavy atom. The molecule has 4 N–H and O–H groups in total. The van der Waals surface area contributed by atoms with Gasteiger partial charge in [-0.2, -0.15) is 0 Å². The summed E-state index contributed by atoms with van der Waals surface area (Å²) in [5.74, 6) is 1.02. The molecule has 19 heavy (non-hydrogen) atoms. The van der Waals surface area contributed by atoms with E-state index in [1.165, 1.54) is 4.90 Å². The Kier molecular flexibility index (Phi) is 3.28. The molecule has 0 saturated carbocycles. The zero-order chi connectivity index (χ0) is 13.6. The molecule has 2 aliphatic rings. The molecule has 7 heteroatoms. The maximum absolute atomic E-state index is 5.89. The molecular weight excluding hydrogens is 296 g/mol. The Morgan fingerprint density at radius 3 is 3.00 bits per heavy atom. The second-order valence-electron chi connectivity index (χ2n) is 4.69. The maximum Gasteiger partial charge on any atom is 0.176 e. The molecular formula is C12H14N4S3. The van der Waals surface area contributed by atoms with Crippen molar-refractivity contribution in [2.45, 2.75) is 10.9 Å². The molecule has 1 aromatic carbocycles. The standard InChI is InChI=1S/C12H14N4S3/c13-7-1-2-10-9(3-7)16-8(6-19-10)4-15(12(16)18)5-11(14)17/h1-3,8H,4-6,13H2,(H2,14,17). The highest BCUT2D eigenvalue weighted by Crippen LogP contribution is 2.41. The van der Waals surface area contributed by atoms with Crippen LogP contribution in [0.1, 0.15) is 0 Å². The lowest BCUT2D eigenvalue weighted by Gasteiger charge is -2.31. The van der Waals surface area contributed by atoms with Crippen molar-refractivity contribution < 1.29 is 0 Å². The van der Waals surface area contributed by atoms with Gasteiger partial charge in [-0.05, 0) is 30.4 Å². The average molecular weight is 310 g/mol. The van der Waals surface area contributed by atoms with Crippen LogP contribution in [-0.2, 0) is 0 Å². The van der Waals surface area contributed by atoms with E-state index in [0.29, 0.717) is 17.6 Å². The van der Waals surface area contributed by atoms with Crippen LogP contribution >= 0.6 is 36.2 Å². The molecule has 1 atom stereocenters. The van der Waals surface area contributed by atoms with Gasteiger partial charge in [0.2, 0.25) is 0 Å². The number of nitrogens with two attached hydrogens (primary N) is 2. The predicted molar refractivity (Wildman–Crippen MR) is 88.8 cm³/mol. The Hall–Kier alpha value is -1.05. The number of rotatable bonds is 2. The summed E-state index contributed by atoms with van der Waals surface area (Å²) in [7, 11) is 0. The third kappa shape index (κ3) is 2.26. The van der Waals surface area contributed by atoms with E-state index >= 15 is 0 Å². The van der Waals surface area contributed by atoms with E-state index in [-0.39, 0.29) is 0 Å². The molecule has 1 unspecified atom stereocenters. The highest BCUT2D eigenvalue weighted by atomic mass is 32.2. The Bertz CT molecular complexity index is 560. The quantitative estimate of drug-likeness (QED) is 0.633. The third-order valence-electron chi connectivity index (χ3n) is 3.29. The van der Waals surface area contributed by atoms with Gasteiger partial charge in [0.15, 0.2) is 5.11 Å². The van der Waals surface area contributed by atoms with Crippen LogP contribution in [0.4, 0.5) is 11.4 Å². The molecule has 0 amide bonds. The van der Waals surface area contributed by atoms with Crippen LogP contribution in [-0.4, -0.2) is 39.9 Å². The number of benzene rings is 1. The topological polar surface area (TPSA) is 58.5 Å². The molecule has 1 aromatic rings. The van der Waals surface area contributed by atoms with Crippen molar-refractivity contribution in [2.75, 3.05) is 29.5 Å². The number of thioether (sulfide) groups is 1. The molecule has 4 nitrogen and oxygen atoms in total. The van der Waals surface area contributed by atoms with Crippen molar-refractivity contribution in [3.63, 3.8) is 0 Å². The first-order valence-electron chi connectivity index (χ1n) is 5.95. The third-order valence-corrected chi connectivity index (χ3v) is 5.08. The van der Waals surface area contributed by atoms with Crippen LogP contribution in [0.25, 0.3) is 0 Å². The van der Waals surface area contributed by atoms with Gasteiger partial charge in [0.25, 0.3) is 0 Å². The van der Waals surface area contributed by atoms with E-state index in [1.807, 2.05) is 23.9 Å². The molecule has 2 heterocycles. The van der Waals surface area contributed by atoms with Gasteiger partial charge < -0.3 is 21.3 Å². The largest absolute Gasteiger partial charge is 0.399 e. The molecule has 0 radical (unpaired) electrons. The normalized spacial score (nSPS) is 21.3. The molecule has 0 aromatic heterocycles. The fraction of sp³-hybridized carbons (Fsp3) is 0.333. The van der Waals surface area contributed by atoms with Gasteiger partial charge in [-0.15, -0.1) is 11.8 Å². The highest BCUT2D eigenvalue weighted by molar-refractivity contribution is 7.99. The summed E-state index contributed by atoms with van der Waals surface area (Å²) < 4.78 is 0. The van der Waals surface area contributed by atoms with E-state index in [4.69, 9.17) is 35.9 Å². The molecule has 0 bridgehead atoms. The second-order valence-corrected chi connectivity index (χ2v) is 6.64. The van der Waals surface area contributed by atoms with Crippen molar-refractivity contribution >= 4 is 57.7 Å². The summed E-state index contributed by atoms with van der Waals surface area (Å²) in [5.41, 5.74) is 13.4. The predicted octanol–water partition coefficient (Wildman–Crippen LogP) is 1.44. The van der Waals surface area contributed by atoms with Gasteiger partial charge in [-0.25, -0.2) is 0 Å². The van der Waals surface area contributed by atoms with Crippen molar-refractivity contribution in [1.82, 2.24) is 4.90 Å². The molecule has 100 valence electrons. The number of hydrogen-bond acceptors (Lipinski definition) is 4. The first-order valence-corrected chi connectivity index (χ1v) is 7.75. The maximum atomic E-state index is 5.89. The zero-order valence-corrected chi connectivity index (χ0v) is 12.7. The van der Waals surface area contributed by atoms with E-state index < -0.39 is 0 Å². The minimum Gasteiger partial charge on any atom is -0.399 e. The fourth-order valence-electron chi connectivity index (χ4n) is 2.50. The molecule has 0 aliphatic carbocycles. The number of hydrogen-bond donors (Lipinski definition) is 2. The van der Waals surface area contributed by atoms with Gasteiger partial charge >= 0.3 is 0 Å². The summed E-state index contributed by atoms with van der Waals surface area (Å²) in [6.07, 6.45) is 0. The van der Waals surface area contributed by atoms with Crippen LogP contribution in [0, 0.1) is 0 Å². The van der Waals surface area contributed by atoms with Crippen molar-refractivity contribution in [3.8, 4) is 0 Å². The average Bonchev–Trinajstić information content (AvgIpc) is 2.66. The lowest BCUT2D eigenvalue weighted by Crippen LogP contribution is -2.39. The van der Waals surface area contributed by atoms with Gasteiger partial charge in [0, 0.05) is 22.9 Å². The van der Waals surface area contributed by atoms with Crippen molar-refractivity contribution in [1.29, 1.82) is 0 Å². The molecule has 1 fully saturated rings. The van der Waals surface area contributed by atoms with Gasteiger partial charge in [0.05, 0.1) is 23.3 Å². The lowest BCUT2D eigenvalue weighted by atomic mass is 10.2. The summed E-state index contributed by atoms with van der Waals surface area (Å²) in [5, 5.41) is 0.796. The van der Waals surface area contributed by atoms with Crippen LogP contribution in [0.2, 0.25) is 0 Å². The van der Waals surface area contributed by atoms with Crippen LogP contribution < -0.4 is 16.4 Å². The van der Waals surface area contributed by atoms with Crippen LogP contribution in [0.5, 0.6) is 0 Å². The second kappa shape index (κ2) is 4.81. The first-order chi connectivity index (χ1) is 9.06. The SMILES string of the molecule is NC(=S)CN1CC2CSc3ccc(N)cc3N2C1=S. The molecule has 2 aliphatic heterocycles. The lowest BCUT2D eigenvalue weighted by molar-refractivity contribution is 0.503. The van der Waals surface area contributed by atoms with Gasteiger partial charge in [-0.1, -0.05) is 12.2 Å². The van der Waals surface area contributed by atoms with Crippen molar-refractivity contribution in [2.24, 2.45) is 5.73 Å².